The number of thiazole rings is 1. The molecule has 0 atom stereocenters. The molecule has 1 amide bonds. The first-order chi connectivity index (χ1) is 18.4. The van der Waals surface area contributed by atoms with Crippen molar-refractivity contribution in [3.8, 4) is 6.07 Å². The number of amides is 1. The van der Waals surface area contributed by atoms with Crippen LogP contribution < -0.4 is 5.32 Å². The van der Waals surface area contributed by atoms with Gasteiger partial charge in [0.2, 0.25) is 0 Å². The van der Waals surface area contributed by atoms with E-state index in [1.807, 2.05) is 33.8 Å². The van der Waals surface area contributed by atoms with Gasteiger partial charge in [-0.2, -0.15) is 5.26 Å². The number of hydrogen-bond donors (Lipinski definition) is 1. The van der Waals surface area contributed by atoms with Gasteiger partial charge >= 0.3 is 6.09 Å². The second-order valence-electron chi connectivity index (χ2n) is 10.7. The van der Waals surface area contributed by atoms with E-state index in [1.165, 1.54) is 17.8 Å². The molecule has 1 aromatic rings. The van der Waals surface area contributed by atoms with Crippen molar-refractivity contribution in [2.24, 2.45) is 4.99 Å². The fourth-order valence-electron chi connectivity index (χ4n) is 3.84. The summed E-state index contributed by atoms with van der Waals surface area (Å²) in [5.74, 6) is 0.869. The maximum absolute atomic E-state index is 12.4. The number of carbonyl (C=O) groups excluding carboxylic acids is 1. The topological polar surface area (TPSA) is 97.1 Å². The average Bonchev–Trinajstić information content (AvgIpc) is 3.31. The number of rotatable bonds is 6. The zero-order valence-electron chi connectivity index (χ0n) is 24.6. The third kappa shape index (κ3) is 12.0. The van der Waals surface area contributed by atoms with Gasteiger partial charge < -0.3 is 24.8 Å². The zero-order chi connectivity index (χ0) is 29.0. The van der Waals surface area contributed by atoms with Crippen molar-refractivity contribution >= 4 is 40.2 Å². The molecule has 3 rings (SSSR count). The van der Waals surface area contributed by atoms with Crippen LogP contribution in [0.4, 0.5) is 9.93 Å². The fraction of sp³-hybridized carbons (Fsp3) is 0.643. The number of nitrogens with zero attached hydrogens (tertiary/aromatic N) is 6. The molecule has 0 spiro atoms. The molecule has 0 radical (unpaired) electrons. The van der Waals surface area contributed by atoms with Gasteiger partial charge in [0, 0.05) is 50.2 Å². The summed E-state index contributed by atoms with van der Waals surface area (Å²) in [6.07, 6.45) is 6.36. The number of carbonyl (C=O) groups is 1. The summed E-state index contributed by atoms with van der Waals surface area (Å²) in [5, 5.41) is 14.1. The van der Waals surface area contributed by atoms with E-state index >= 15 is 0 Å². The molecule has 0 aliphatic carbocycles. The molecule has 2 saturated heterocycles. The van der Waals surface area contributed by atoms with E-state index in [0.29, 0.717) is 28.3 Å². The van der Waals surface area contributed by atoms with Crippen LogP contribution >= 0.6 is 23.1 Å². The molecule has 1 aromatic heterocycles. The predicted octanol–water partition coefficient (Wildman–Crippen LogP) is 6.00. The summed E-state index contributed by atoms with van der Waals surface area (Å²) in [6.45, 7) is 21.2. The first-order valence-electron chi connectivity index (χ1n) is 13.6. The molecule has 9 nitrogen and oxygen atoms in total. The maximum Gasteiger partial charge on any atom is 0.410 e. The minimum Gasteiger partial charge on any atom is -0.444 e. The summed E-state index contributed by atoms with van der Waals surface area (Å²) in [5.41, 5.74) is 0.415. The minimum absolute atomic E-state index is 0.240. The second kappa shape index (κ2) is 15.9. The van der Waals surface area contributed by atoms with E-state index in [-0.39, 0.29) is 6.09 Å². The van der Waals surface area contributed by atoms with Crippen LogP contribution in [0.25, 0.3) is 0 Å². The van der Waals surface area contributed by atoms with E-state index in [9.17, 15) is 4.79 Å². The van der Waals surface area contributed by atoms with Gasteiger partial charge in [-0.15, -0.1) is 11.8 Å². The number of nitriles is 1. The van der Waals surface area contributed by atoms with Gasteiger partial charge in [0.05, 0.1) is 11.2 Å². The van der Waals surface area contributed by atoms with Crippen LogP contribution in [0.2, 0.25) is 0 Å². The van der Waals surface area contributed by atoms with Crippen molar-refractivity contribution < 1.29 is 9.53 Å². The van der Waals surface area contributed by atoms with Crippen LogP contribution in [0.5, 0.6) is 0 Å². The highest BCUT2D eigenvalue weighted by Crippen LogP contribution is 2.30. The molecule has 2 aliphatic rings. The number of aliphatic imine (C=N–C) groups is 1. The number of aromatic nitrogens is 1. The van der Waals surface area contributed by atoms with E-state index in [0.717, 1.165) is 55.6 Å². The van der Waals surface area contributed by atoms with Crippen LogP contribution in [-0.4, -0.2) is 88.8 Å². The maximum atomic E-state index is 12.4. The summed E-state index contributed by atoms with van der Waals surface area (Å²) in [4.78, 5) is 28.5. The number of likely N-dealkylation sites (tertiary alicyclic amines) is 1. The zero-order valence-corrected chi connectivity index (χ0v) is 26.3. The van der Waals surface area contributed by atoms with Crippen molar-refractivity contribution in [3.05, 3.63) is 34.5 Å². The van der Waals surface area contributed by atoms with Gasteiger partial charge in [-0.1, -0.05) is 38.2 Å². The molecule has 0 bridgehead atoms. The Hall–Kier alpha value is -2.55. The van der Waals surface area contributed by atoms with Crippen LogP contribution in [0, 0.1) is 11.3 Å². The second-order valence-corrected chi connectivity index (χ2v) is 13.1. The van der Waals surface area contributed by atoms with Crippen LogP contribution in [0.15, 0.2) is 34.6 Å². The lowest BCUT2D eigenvalue weighted by atomic mass is 10.1. The molecule has 0 aromatic carbocycles. The number of likely N-dealkylation sites (N-methyl/N-ethyl adjacent to an activating group) is 1. The summed E-state index contributed by atoms with van der Waals surface area (Å²) in [7, 11) is 2.13. The van der Waals surface area contributed by atoms with Crippen molar-refractivity contribution in [1.29, 1.82) is 5.26 Å². The van der Waals surface area contributed by atoms with E-state index in [2.05, 4.69) is 53.6 Å². The molecule has 3 heterocycles. The largest absolute Gasteiger partial charge is 0.444 e. The minimum atomic E-state index is -0.483. The van der Waals surface area contributed by atoms with Crippen LogP contribution in [0.3, 0.4) is 0 Å². The summed E-state index contributed by atoms with van der Waals surface area (Å²) in [6, 6.07) is 2.12. The predicted molar refractivity (Wildman–Crippen MR) is 164 cm³/mol. The van der Waals surface area contributed by atoms with Crippen molar-refractivity contribution in [2.45, 2.75) is 71.7 Å². The van der Waals surface area contributed by atoms with Crippen molar-refractivity contribution in [2.75, 3.05) is 51.6 Å². The van der Waals surface area contributed by atoms with Gasteiger partial charge in [-0.25, -0.2) is 14.8 Å². The monoisotopic (exact) mass is 575 g/mol. The number of hydrogen-bond acceptors (Lipinski definition) is 9. The normalized spacial score (nSPS) is 17.7. The Balaban J connectivity index is 0.00000170. The number of piperazine rings is 1. The number of piperidine rings is 1. The highest BCUT2D eigenvalue weighted by Gasteiger charge is 2.27. The fourth-order valence-corrected chi connectivity index (χ4v) is 5.50. The number of nitrogens with one attached hydrogen (secondary N) is 1. The van der Waals surface area contributed by atoms with Gasteiger partial charge in [0.1, 0.15) is 22.4 Å². The Bertz CT molecular complexity index is 1040. The molecule has 11 heteroatoms. The van der Waals surface area contributed by atoms with E-state index in [4.69, 9.17) is 15.0 Å². The first-order valence-corrected chi connectivity index (χ1v) is 15.3. The average molecular weight is 576 g/mol. The van der Waals surface area contributed by atoms with E-state index < -0.39 is 5.60 Å². The van der Waals surface area contributed by atoms with Crippen molar-refractivity contribution in [1.82, 2.24) is 19.7 Å². The smallest absolute Gasteiger partial charge is 0.410 e. The lowest BCUT2D eigenvalue weighted by Crippen LogP contribution is -2.46. The number of amidine groups is 1. The Kier molecular flexibility index (Phi) is 13.3. The molecule has 39 heavy (non-hydrogen) atoms. The van der Waals surface area contributed by atoms with Gasteiger partial charge in [-0.3, -0.25) is 0 Å². The molecule has 2 aliphatic heterocycles. The Morgan fingerprint density at radius 2 is 1.87 bits per heavy atom. The van der Waals surface area contributed by atoms with Gasteiger partial charge in [-0.05, 0) is 53.7 Å². The molecular formula is C28H45N7O2S2. The molecule has 0 unspecified atom stereocenters. The summed E-state index contributed by atoms with van der Waals surface area (Å²) >= 11 is 3.01. The standard InChI is InChI=1S/C25H37N7O2S2.C3H8/c1-18(28-23-27-17-21(16-26)36-23)15-22(31-13-11-30(6)12-14-31)29-19(2)35-20-7-9-32(10-8-20)24(33)34-25(3,4)5;1-3-2/h15,17,20H,2,7-14H2,1,3-6H3,(H,27,28);3H2,1-2H3/b18-15+,29-22+;. The van der Waals surface area contributed by atoms with Crippen molar-refractivity contribution in [3.63, 3.8) is 0 Å². The SMILES string of the molecule is C=C(/N=C(\C=C(/C)Nc1ncc(C#N)s1)N1CCN(C)CC1)SC1CCN(C(=O)OC(C)(C)C)CC1.CCC. The third-order valence-corrected chi connectivity index (χ3v) is 7.71. The number of thioether (sulfide) groups is 1. The molecule has 1 N–H and O–H groups in total. The highest BCUT2D eigenvalue weighted by molar-refractivity contribution is 8.03. The number of ether oxygens (including phenoxy) is 1. The first kappa shape index (κ1) is 32.7. The Morgan fingerprint density at radius 1 is 1.26 bits per heavy atom. The highest BCUT2D eigenvalue weighted by atomic mass is 32.2. The quantitative estimate of drug-likeness (QED) is 0.326. The van der Waals surface area contributed by atoms with Gasteiger partial charge in [0.25, 0.3) is 0 Å². The molecule has 0 saturated carbocycles. The molecular weight excluding hydrogens is 530 g/mol. The molecule has 2 fully saturated rings. The summed E-state index contributed by atoms with van der Waals surface area (Å²) < 4.78 is 5.51. The van der Waals surface area contributed by atoms with Crippen LogP contribution in [-0.2, 0) is 4.74 Å². The Labute approximate surface area is 243 Å². The lowest BCUT2D eigenvalue weighted by Gasteiger charge is -2.34. The number of anilines is 1. The number of allylic oxidation sites excluding steroid dienone is 1. The Morgan fingerprint density at radius 3 is 2.41 bits per heavy atom. The lowest BCUT2D eigenvalue weighted by molar-refractivity contribution is 0.0219. The van der Waals surface area contributed by atoms with Gasteiger partial charge in [0.15, 0.2) is 5.13 Å². The molecule has 216 valence electrons. The van der Waals surface area contributed by atoms with E-state index in [1.54, 1.807) is 22.9 Å². The third-order valence-electron chi connectivity index (χ3n) is 5.73. The van der Waals surface area contributed by atoms with Crippen LogP contribution in [0.1, 0.15) is 65.7 Å².